The summed E-state index contributed by atoms with van der Waals surface area (Å²) in [6, 6.07) is 8.66. The van der Waals surface area contributed by atoms with Gasteiger partial charge in [0.2, 0.25) is 0 Å². The molecular weight excluding hydrogens is 282 g/mol. The lowest BCUT2D eigenvalue weighted by atomic mass is 10.0. The van der Waals surface area contributed by atoms with Crippen LogP contribution in [-0.2, 0) is 6.42 Å². The van der Waals surface area contributed by atoms with E-state index in [1.807, 2.05) is 0 Å². The van der Waals surface area contributed by atoms with Crippen molar-refractivity contribution in [2.45, 2.75) is 77.2 Å². The highest BCUT2D eigenvalue weighted by molar-refractivity contribution is 5.24. The molecule has 1 aromatic rings. The van der Waals surface area contributed by atoms with Crippen molar-refractivity contribution in [2.75, 3.05) is 19.6 Å². The van der Waals surface area contributed by atoms with Crippen LogP contribution in [0.5, 0.6) is 0 Å². The number of aliphatic hydroxyl groups excluding tert-OH is 1. The highest BCUT2D eigenvalue weighted by Crippen LogP contribution is 2.20. The first kappa shape index (κ1) is 18.5. The summed E-state index contributed by atoms with van der Waals surface area (Å²) in [6.45, 7) is 5.70. The second-order valence-electron chi connectivity index (χ2n) is 7.11. The number of nitrogens with zero attached hydrogens (tertiary/aromatic N) is 1. The highest BCUT2D eigenvalue weighted by Gasteiger charge is 2.12. The van der Waals surface area contributed by atoms with E-state index in [0.717, 1.165) is 18.5 Å². The molecule has 0 bridgehead atoms. The van der Waals surface area contributed by atoms with E-state index in [2.05, 4.69) is 36.1 Å². The highest BCUT2D eigenvalue weighted by atomic mass is 16.3. The van der Waals surface area contributed by atoms with Crippen LogP contribution in [-0.4, -0.2) is 29.6 Å². The van der Waals surface area contributed by atoms with Crippen molar-refractivity contribution in [3.63, 3.8) is 0 Å². The van der Waals surface area contributed by atoms with Crippen LogP contribution < -0.4 is 0 Å². The number of aliphatic hydroxyl groups is 1. The van der Waals surface area contributed by atoms with E-state index in [1.54, 1.807) is 0 Å². The lowest BCUT2D eigenvalue weighted by Gasteiger charge is -2.21. The van der Waals surface area contributed by atoms with E-state index in [-0.39, 0.29) is 6.10 Å². The predicted molar refractivity (Wildman–Crippen MR) is 98.8 cm³/mol. The number of unbranched alkanes of at least 4 members (excludes halogenated alkanes) is 3. The number of rotatable bonds is 9. The Hall–Kier alpha value is -0.860. The number of benzene rings is 1. The van der Waals surface area contributed by atoms with Gasteiger partial charge in [0.25, 0.3) is 0 Å². The quantitative estimate of drug-likeness (QED) is 0.640. The SMILES string of the molecule is CCCCCCc1ccc(C(O)CCN2CCCCCC2)cc1. The Morgan fingerprint density at radius 2 is 1.65 bits per heavy atom. The molecule has 0 spiro atoms. The van der Waals surface area contributed by atoms with Crippen LogP contribution in [0.25, 0.3) is 0 Å². The molecule has 1 N–H and O–H groups in total. The molecular formula is C21H35NO. The average molecular weight is 318 g/mol. The smallest absolute Gasteiger partial charge is 0.0802 e. The summed E-state index contributed by atoms with van der Waals surface area (Å²) in [7, 11) is 0. The third kappa shape index (κ3) is 7.05. The minimum atomic E-state index is -0.313. The van der Waals surface area contributed by atoms with Crippen LogP contribution in [0.3, 0.4) is 0 Å². The van der Waals surface area contributed by atoms with Crippen molar-refractivity contribution in [1.82, 2.24) is 4.90 Å². The largest absolute Gasteiger partial charge is 0.388 e. The molecule has 1 unspecified atom stereocenters. The molecule has 1 aliphatic heterocycles. The third-order valence-electron chi connectivity index (χ3n) is 5.10. The van der Waals surface area contributed by atoms with Crippen LogP contribution in [0.2, 0.25) is 0 Å². The molecule has 0 radical (unpaired) electrons. The Labute approximate surface area is 142 Å². The summed E-state index contributed by atoms with van der Waals surface area (Å²) in [5, 5.41) is 10.4. The van der Waals surface area contributed by atoms with Crippen molar-refractivity contribution in [2.24, 2.45) is 0 Å². The summed E-state index contributed by atoms with van der Waals surface area (Å²) >= 11 is 0. The molecule has 1 fully saturated rings. The van der Waals surface area contributed by atoms with Gasteiger partial charge in [-0.3, -0.25) is 0 Å². The maximum absolute atomic E-state index is 10.4. The second kappa shape index (κ2) is 10.8. The topological polar surface area (TPSA) is 23.5 Å². The summed E-state index contributed by atoms with van der Waals surface area (Å²) in [5.41, 5.74) is 2.49. The zero-order chi connectivity index (χ0) is 16.3. The number of hydrogen-bond donors (Lipinski definition) is 1. The van der Waals surface area contributed by atoms with Crippen LogP contribution in [0, 0.1) is 0 Å². The van der Waals surface area contributed by atoms with Crippen LogP contribution in [0.4, 0.5) is 0 Å². The van der Waals surface area contributed by atoms with Gasteiger partial charge >= 0.3 is 0 Å². The zero-order valence-electron chi connectivity index (χ0n) is 15.0. The first-order valence-electron chi connectivity index (χ1n) is 9.79. The van der Waals surface area contributed by atoms with Crippen molar-refractivity contribution < 1.29 is 5.11 Å². The molecule has 130 valence electrons. The lowest BCUT2D eigenvalue weighted by molar-refractivity contribution is 0.143. The fourth-order valence-corrected chi connectivity index (χ4v) is 3.49. The van der Waals surface area contributed by atoms with Crippen molar-refractivity contribution in [3.05, 3.63) is 35.4 Å². The number of hydrogen-bond acceptors (Lipinski definition) is 2. The molecule has 2 rings (SSSR count). The Morgan fingerprint density at radius 1 is 0.957 bits per heavy atom. The van der Waals surface area contributed by atoms with Gasteiger partial charge in [-0.25, -0.2) is 0 Å². The molecule has 0 aromatic heterocycles. The molecule has 0 aliphatic carbocycles. The van der Waals surface area contributed by atoms with E-state index < -0.39 is 0 Å². The van der Waals surface area contributed by atoms with Crippen LogP contribution in [0.1, 0.15) is 81.9 Å². The Balaban J connectivity index is 1.72. The van der Waals surface area contributed by atoms with E-state index in [1.165, 1.54) is 76.4 Å². The minimum absolute atomic E-state index is 0.313. The lowest BCUT2D eigenvalue weighted by Crippen LogP contribution is -2.26. The second-order valence-corrected chi connectivity index (χ2v) is 7.11. The van der Waals surface area contributed by atoms with Gasteiger partial charge in [0.15, 0.2) is 0 Å². The predicted octanol–water partition coefficient (Wildman–Crippen LogP) is 5.11. The van der Waals surface area contributed by atoms with Crippen LogP contribution >= 0.6 is 0 Å². The molecule has 1 aromatic carbocycles. The molecule has 0 amide bonds. The summed E-state index contributed by atoms with van der Waals surface area (Å²) in [6.07, 6.45) is 12.4. The molecule has 23 heavy (non-hydrogen) atoms. The van der Waals surface area contributed by atoms with Gasteiger partial charge in [0.1, 0.15) is 0 Å². The monoisotopic (exact) mass is 317 g/mol. The van der Waals surface area contributed by atoms with Gasteiger partial charge in [-0.15, -0.1) is 0 Å². The number of aryl methyl sites for hydroxylation is 1. The standard InChI is InChI=1S/C21H35NO/c1-2-3-4-7-10-19-11-13-20(14-12-19)21(23)15-18-22-16-8-5-6-9-17-22/h11-14,21,23H,2-10,15-18H2,1H3. The van der Waals surface area contributed by atoms with Crippen molar-refractivity contribution in [1.29, 1.82) is 0 Å². The summed E-state index contributed by atoms with van der Waals surface area (Å²) in [4.78, 5) is 2.53. The van der Waals surface area contributed by atoms with E-state index in [9.17, 15) is 5.11 Å². The normalized spacial score (nSPS) is 17.8. The van der Waals surface area contributed by atoms with Gasteiger partial charge in [-0.1, -0.05) is 63.3 Å². The maximum Gasteiger partial charge on any atom is 0.0802 e. The van der Waals surface area contributed by atoms with Gasteiger partial charge in [0, 0.05) is 6.54 Å². The third-order valence-corrected chi connectivity index (χ3v) is 5.10. The maximum atomic E-state index is 10.4. The van der Waals surface area contributed by atoms with E-state index >= 15 is 0 Å². The average Bonchev–Trinajstić information content (AvgIpc) is 2.86. The molecule has 2 heteroatoms. The van der Waals surface area contributed by atoms with Gasteiger partial charge < -0.3 is 10.0 Å². The first-order chi connectivity index (χ1) is 11.3. The molecule has 1 aliphatic rings. The number of likely N-dealkylation sites (tertiary alicyclic amines) is 1. The molecule has 1 heterocycles. The Bertz CT molecular complexity index is 406. The first-order valence-corrected chi connectivity index (χ1v) is 9.79. The Kier molecular flexibility index (Phi) is 8.70. The van der Waals surface area contributed by atoms with E-state index in [0.29, 0.717) is 0 Å². The minimum Gasteiger partial charge on any atom is -0.388 e. The zero-order valence-corrected chi connectivity index (χ0v) is 15.0. The van der Waals surface area contributed by atoms with Crippen molar-refractivity contribution in [3.8, 4) is 0 Å². The molecule has 2 nitrogen and oxygen atoms in total. The van der Waals surface area contributed by atoms with E-state index in [4.69, 9.17) is 0 Å². The summed E-state index contributed by atoms with van der Waals surface area (Å²) in [5.74, 6) is 0. The van der Waals surface area contributed by atoms with Gasteiger partial charge in [-0.2, -0.15) is 0 Å². The summed E-state index contributed by atoms with van der Waals surface area (Å²) < 4.78 is 0. The van der Waals surface area contributed by atoms with Crippen molar-refractivity contribution >= 4 is 0 Å². The van der Waals surface area contributed by atoms with Gasteiger partial charge in [-0.05, 0) is 56.3 Å². The molecule has 1 atom stereocenters. The Morgan fingerprint density at radius 3 is 2.30 bits per heavy atom. The fourth-order valence-electron chi connectivity index (χ4n) is 3.49. The molecule has 0 saturated carbocycles. The van der Waals surface area contributed by atoms with Gasteiger partial charge in [0.05, 0.1) is 6.10 Å². The fraction of sp³-hybridized carbons (Fsp3) is 0.714. The van der Waals surface area contributed by atoms with Crippen LogP contribution in [0.15, 0.2) is 24.3 Å². The molecule has 1 saturated heterocycles.